The lowest BCUT2D eigenvalue weighted by molar-refractivity contribution is -0.126. The number of likely N-dealkylation sites (N-methyl/N-ethyl adjacent to an activating group) is 1. The minimum Gasteiger partial charge on any atom is -0.346 e. The van der Waals surface area contributed by atoms with Crippen LogP contribution >= 0.6 is 11.3 Å². The second kappa shape index (κ2) is 5.93. The Morgan fingerprint density at radius 3 is 2.70 bits per heavy atom. The van der Waals surface area contributed by atoms with Crippen molar-refractivity contribution in [2.24, 2.45) is 11.3 Å². The van der Waals surface area contributed by atoms with Gasteiger partial charge in [0.25, 0.3) is 5.91 Å². The van der Waals surface area contributed by atoms with Crippen molar-refractivity contribution in [1.82, 2.24) is 10.2 Å². The fourth-order valence-electron chi connectivity index (χ4n) is 3.59. The number of fused-ring (bicyclic) bond motifs is 1. The number of carbonyl (C=O) groups excluding carboxylic acids is 2. The third-order valence-electron chi connectivity index (χ3n) is 5.21. The summed E-state index contributed by atoms with van der Waals surface area (Å²) in [6.45, 7) is 7.52. The van der Waals surface area contributed by atoms with Crippen molar-refractivity contribution in [2.75, 3.05) is 13.6 Å². The highest BCUT2D eigenvalue weighted by molar-refractivity contribution is 7.14. The molecule has 1 saturated heterocycles. The summed E-state index contributed by atoms with van der Waals surface area (Å²) >= 11 is 1.63. The Morgan fingerprint density at radius 1 is 1.35 bits per heavy atom. The van der Waals surface area contributed by atoms with Crippen LogP contribution in [0.3, 0.4) is 0 Å². The van der Waals surface area contributed by atoms with Crippen LogP contribution in [0.25, 0.3) is 0 Å². The molecule has 1 aromatic rings. The second-order valence-corrected chi connectivity index (χ2v) is 9.15. The third kappa shape index (κ3) is 3.44. The Balaban J connectivity index is 1.67. The van der Waals surface area contributed by atoms with Gasteiger partial charge in [0.15, 0.2) is 0 Å². The zero-order valence-corrected chi connectivity index (χ0v) is 15.3. The smallest absolute Gasteiger partial charge is 0.261 e. The van der Waals surface area contributed by atoms with E-state index in [1.807, 2.05) is 0 Å². The third-order valence-corrected chi connectivity index (χ3v) is 6.44. The van der Waals surface area contributed by atoms with Crippen LogP contribution in [0.2, 0.25) is 0 Å². The van der Waals surface area contributed by atoms with Gasteiger partial charge in [-0.25, -0.2) is 0 Å². The molecule has 0 radical (unpaired) electrons. The van der Waals surface area contributed by atoms with E-state index >= 15 is 0 Å². The van der Waals surface area contributed by atoms with Crippen molar-refractivity contribution in [1.29, 1.82) is 0 Å². The lowest BCUT2D eigenvalue weighted by Gasteiger charge is -2.33. The molecule has 0 aromatic carbocycles. The van der Waals surface area contributed by atoms with Crippen LogP contribution in [0.1, 0.15) is 53.7 Å². The van der Waals surface area contributed by atoms with Gasteiger partial charge in [0.2, 0.25) is 5.91 Å². The van der Waals surface area contributed by atoms with E-state index in [2.05, 4.69) is 32.2 Å². The molecule has 2 unspecified atom stereocenters. The minimum absolute atomic E-state index is 0.0233. The number of hydrogen-bond donors (Lipinski definition) is 1. The van der Waals surface area contributed by atoms with Crippen LogP contribution in [0.4, 0.5) is 0 Å². The summed E-state index contributed by atoms with van der Waals surface area (Å²) in [5, 5.41) is 3.02. The zero-order chi connectivity index (χ0) is 16.8. The van der Waals surface area contributed by atoms with E-state index in [-0.39, 0.29) is 17.9 Å². The average Bonchev–Trinajstić information content (AvgIpc) is 3.01. The van der Waals surface area contributed by atoms with Gasteiger partial charge in [-0.3, -0.25) is 9.59 Å². The van der Waals surface area contributed by atoms with Crippen LogP contribution in [0.15, 0.2) is 6.07 Å². The quantitative estimate of drug-likeness (QED) is 0.904. The van der Waals surface area contributed by atoms with E-state index in [0.29, 0.717) is 24.3 Å². The molecule has 2 aliphatic rings. The normalized spacial score (nSPS) is 24.7. The molecule has 5 heteroatoms. The lowest BCUT2D eigenvalue weighted by atomic mass is 9.72. The molecule has 0 spiro atoms. The maximum absolute atomic E-state index is 12.5. The Kier molecular flexibility index (Phi) is 4.25. The van der Waals surface area contributed by atoms with E-state index in [1.54, 1.807) is 23.3 Å². The van der Waals surface area contributed by atoms with Gasteiger partial charge in [-0.05, 0) is 42.2 Å². The molecule has 2 amide bonds. The Morgan fingerprint density at radius 2 is 2.09 bits per heavy atom. The van der Waals surface area contributed by atoms with E-state index < -0.39 is 0 Å². The highest BCUT2D eigenvalue weighted by Gasteiger charge is 2.32. The number of likely N-dealkylation sites (tertiary alicyclic amines) is 1. The van der Waals surface area contributed by atoms with Crippen LogP contribution < -0.4 is 5.32 Å². The summed E-state index contributed by atoms with van der Waals surface area (Å²) in [6.07, 6.45) is 3.78. The lowest BCUT2D eigenvalue weighted by Crippen LogP contribution is -2.36. The van der Waals surface area contributed by atoms with E-state index in [1.165, 1.54) is 16.9 Å². The van der Waals surface area contributed by atoms with Gasteiger partial charge < -0.3 is 10.2 Å². The van der Waals surface area contributed by atoms with Crippen molar-refractivity contribution < 1.29 is 9.59 Å². The molecular weight excluding hydrogens is 308 g/mol. The summed E-state index contributed by atoms with van der Waals surface area (Å²) in [6, 6.07) is 2.02. The molecule has 1 aromatic heterocycles. The van der Waals surface area contributed by atoms with Crippen LogP contribution in [-0.2, 0) is 17.6 Å². The molecule has 2 atom stereocenters. The molecule has 126 valence electrons. The monoisotopic (exact) mass is 334 g/mol. The van der Waals surface area contributed by atoms with Crippen molar-refractivity contribution in [3.63, 3.8) is 0 Å². The molecule has 23 heavy (non-hydrogen) atoms. The number of nitrogens with zero attached hydrogens (tertiary/aromatic N) is 1. The molecule has 1 N–H and O–H groups in total. The first-order chi connectivity index (χ1) is 10.7. The minimum atomic E-state index is -0.0542. The van der Waals surface area contributed by atoms with Gasteiger partial charge in [-0.1, -0.05) is 20.8 Å². The standard InChI is InChI=1S/C18H26N2O2S/c1-18(2,3)12-5-6-14-11(7-12)8-15(23-14)17(22)19-13-9-16(21)20(4)10-13/h8,12-13H,5-7,9-10H2,1-4H3,(H,19,22). The summed E-state index contributed by atoms with van der Waals surface area (Å²) in [5.74, 6) is 0.764. The number of rotatable bonds is 2. The van der Waals surface area contributed by atoms with Crippen molar-refractivity contribution >= 4 is 23.2 Å². The van der Waals surface area contributed by atoms with Crippen LogP contribution in [-0.4, -0.2) is 36.3 Å². The van der Waals surface area contributed by atoms with Crippen molar-refractivity contribution in [3.05, 3.63) is 21.4 Å². The van der Waals surface area contributed by atoms with E-state index in [0.717, 1.165) is 17.7 Å². The maximum atomic E-state index is 12.5. The van der Waals surface area contributed by atoms with Gasteiger partial charge in [0.05, 0.1) is 10.9 Å². The molecular formula is C18H26N2O2S. The number of thiophene rings is 1. The van der Waals surface area contributed by atoms with Gasteiger partial charge >= 0.3 is 0 Å². The first-order valence-corrected chi connectivity index (χ1v) is 9.22. The van der Waals surface area contributed by atoms with Crippen LogP contribution in [0.5, 0.6) is 0 Å². The van der Waals surface area contributed by atoms with Crippen molar-refractivity contribution in [3.8, 4) is 0 Å². The zero-order valence-electron chi connectivity index (χ0n) is 14.4. The molecule has 0 saturated carbocycles. The number of aryl methyl sites for hydroxylation is 1. The number of amides is 2. The molecule has 1 aliphatic heterocycles. The van der Waals surface area contributed by atoms with E-state index in [4.69, 9.17) is 0 Å². The first-order valence-electron chi connectivity index (χ1n) is 8.40. The fourth-order valence-corrected chi connectivity index (χ4v) is 4.70. The Bertz CT molecular complexity index is 629. The largest absolute Gasteiger partial charge is 0.346 e. The number of carbonyl (C=O) groups is 2. The summed E-state index contributed by atoms with van der Waals surface area (Å²) < 4.78 is 0. The van der Waals surface area contributed by atoms with Gasteiger partial charge in [0.1, 0.15) is 0 Å². The Hall–Kier alpha value is -1.36. The number of nitrogens with one attached hydrogen (secondary N) is 1. The maximum Gasteiger partial charge on any atom is 0.261 e. The summed E-state index contributed by atoms with van der Waals surface area (Å²) in [7, 11) is 1.78. The second-order valence-electron chi connectivity index (χ2n) is 8.01. The molecule has 2 heterocycles. The van der Waals surface area contributed by atoms with Crippen molar-refractivity contribution in [2.45, 2.75) is 52.5 Å². The fraction of sp³-hybridized carbons (Fsp3) is 0.667. The highest BCUT2D eigenvalue weighted by atomic mass is 32.1. The van der Waals surface area contributed by atoms with Gasteiger partial charge in [-0.15, -0.1) is 11.3 Å². The topological polar surface area (TPSA) is 49.4 Å². The number of hydrogen-bond acceptors (Lipinski definition) is 3. The van der Waals surface area contributed by atoms with E-state index in [9.17, 15) is 9.59 Å². The van der Waals surface area contributed by atoms with Gasteiger partial charge in [-0.2, -0.15) is 0 Å². The predicted octanol–water partition coefficient (Wildman–Crippen LogP) is 2.86. The SMILES string of the molecule is CN1CC(NC(=O)c2cc3c(s2)CCC(C(C)(C)C)C3)CC1=O. The van der Waals surface area contributed by atoms with Crippen LogP contribution in [0, 0.1) is 11.3 Å². The molecule has 1 fully saturated rings. The summed E-state index contributed by atoms with van der Waals surface area (Å²) in [4.78, 5) is 27.9. The average molecular weight is 334 g/mol. The molecule has 0 bridgehead atoms. The molecule has 4 nitrogen and oxygen atoms in total. The first kappa shape index (κ1) is 16.5. The van der Waals surface area contributed by atoms with Gasteiger partial charge in [0, 0.05) is 24.9 Å². The molecule has 1 aliphatic carbocycles. The Labute approximate surface area is 142 Å². The highest BCUT2D eigenvalue weighted by Crippen LogP contribution is 2.40. The summed E-state index contributed by atoms with van der Waals surface area (Å²) in [5.41, 5.74) is 1.67. The molecule has 3 rings (SSSR count). The predicted molar refractivity (Wildman–Crippen MR) is 92.8 cm³/mol.